The minimum Gasteiger partial charge on any atom is -0.303 e. The average Bonchev–Trinajstić information content (AvgIpc) is 2.94. The maximum atomic E-state index is 11.9. The number of hydrogen-bond donors (Lipinski definition) is 2. The number of benzene rings is 1. The molecule has 0 fully saturated rings. The smallest absolute Gasteiger partial charge is 0.269 e. The molecule has 0 radical (unpaired) electrons. The van der Waals surface area contributed by atoms with Gasteiger partial charge in [-0.2, -0.15) is 4.80 Å². The van der Waals surface area contributed by atoms with Crippen molar-refractivity contribution >= 4 is 40.8 Å². The summed E-state index contributed by atoms with van der Waals surface area (Å²) < 4.78 is 0. The molecular formula is C14H17ClN6OS. The van der Waals surface area contributed by atoms with Crippen LogP contribution < -0.4 is 10.6 Å². The molecule has 0 unspecified atom stereocenters. The number of unbranched alkanes of at least 4 members (excludes halogenated alkanes) is 1. The van der Waals surface area contributed by atoms with Crippen LogP contribution in [0.5, 0.6) is 0 Å². The number of nitrogens with one attached hydrogen (secondary N) is 2. The van der Waals surface area contributed by atoms with Crippen molar-refractivity contribution in [2.75, 3.05) is 5.32 Å². The van der Waals surface area contributed by atoms with Crippen LogP contribution >= 0.6 is 23.8 Å². The highest BCUT2D eigenvalue weighted by Gasteiger charge is 2.09. The molecule has 0 spiro atoms. The second-order valence-electron chi connectivity index (χ2n) is 4.87. The standard InChI is InChI=1S/C14H17ClN6OS/c1-2-3-8-21-19-13(18-20-21)17-14(23)16-12(22)9-10-4-6-11(15)7-5-10/h4-7H,2-3,8-9H2,1H3,(H2,16,17,19,22,23). The van der Waals surface area contributed by atoms with Crippen LogP contribution in [0, 0.1) is 0 Å². The first kappa shape index (κ1) is 17.3. The Morgan fingerprint density at radius 2 is 2.09 bits per heavy atom. The third-order valence-corrected chi connectivity index (χ3v) is 3.38. The van der Waals surface area contributed by atoms with Crippen LogP contribution in [0.15, 0.2) is 24.3 Å². The van der Waals surface area contributed by atoms with E-state index in [-0.39, 0.29) is 23.4 Å². The predicted octanol–water partition coefficient (Wildman–Crippen LogP) is 2.18. The summed E-state index contributed by atoms with van der Waals surface area (Å²) in [4.78, 5) is 13.4. The lowest BCUT2D eigenvalue weighted by atomic mass is 10.1. The lowest BCUT2D eigenvalue weighted by Crippen LogP contribution is -2.35. The highest BCUT2D eigenvalue weighted by Crippen LogP contribution is 2.09. The monoisotopic (exact) mass is 352 g/mol. The summed E-state index contributed by atoms with van der Waals surface area (Å²) in [6.45, 7) is 2.78. The van der Waals surface area contributed by atoms with Crippen LogP contribution in [0.4, 0.5) is 5.95 Å². The average molecular weight is 353 g/mol. The zero-order valence-electron chi connectivity index (χ0n) is 12.6. The number of aromatic nitrogens is 4. The number of rotatable bonds is 6. The van der Waals surface area contributed by atoms with Gasteiger partial charge in [-0.3, -0.25) is 10.1 Å². The van der Waals surface area contributed by atoms with Crippen molar-refractivity contribution in [3.05, 3.63) is 34.9 Å². The molecular weight excluding hydrogens is 336 g/mol. The number of thiocarbonyl (C=S) groups is 1. The summed E-state index contributed by atoms with van der Waals surface area (Å²) in [5.74, 6) is 0.0288. The first-order chi connectivity index (χ1) is 11.1. The number of tetrazole rings is 1. The largest absolute Gasteiger partial charge is 0.303 e. The molecule has 23 heavy (non-hydrogen) atoms. The van der Waals surface area contributed by atoms with E-state index in [0.717, 1.165) is 18.4 Å². The topological polar surface area (TPSA) is 84.7 Å². The Balaban J connectivity index is 1.80. The van der Waals surface area contributed by atoms with Gasteiger partial charge in [0.05, 0.1) is 13.0 Å². The van der Waals surface area contributed by atoms with Gasteiger partial charge in [-0.25, -0.2) is 0 Å². The maximum Gasteiger partial charge on any atom is 0.269 e. The highest BCUT2D eigenvalue weighted by atomic mass is 35.5. The van der Waals surface area contributed by atoms with Gasteiger partial charge in [-0.15, -0.1) is 5.10 Å². The molecule has 0 aliphatic carbocycles. The van der Waals surface area contributed by atoms with Crippen LogP contribution in [-0.4, -0.2) is 31.2 Å². The first-order valence-electron chi connectivity index (χ1n) is 7.20. The molecule has 9 heteroatoms. The van der Waals surface area contributed by atoms with Crippen molar-refractivity contribution in [1.82, 2.24) is 25.5 Å². The summed E-state index contributed by atoms with van der Waals surface area (Å²) in [6, 6.07) is 7.05. The molecule has 0 aliphatic rings. The Morgan fingerprint density at radius 3 is 2.78 bits per heavy atom. The van der Waals surface area contributed by atoms with E-state index in [9.17, 15) is 4.79 Å². The van der Waals surface area contributed by atoms with Gasteiger partial charge in [0.15, 0.2) is 5.11 Å². The minimum atomic E-state index is -0.233. The van der Waals surface area contributed by atoms with E-state index < -0.39 is 0 Å². The van der Waals surface area contributed by atoms with Gasteiger partial charge in [-0.1, -0.05) is 42.2 Å². The first-order valence-corrected chi connectivity index (χ1v) is 7.98. The second kappa shape index (κ2) is 8.54. The summed E-state index contributed by atoms with van der Waals surface area (Å²) >= 11 is 10.9. The predicted molar refractivity (Wildman–Crippen MR) is 92.2 cm³/mol. The third kappa shape index (κ3) is 5.91. The molecule has 1 aromatic heterocycles. The number of nitrogens with zero attached hydrogens (tertiary/aromatic N) is 4. The van der Waals surface area contributed by atoms with Crippen molar-refractivity contribution < 1.29 is 4.79 Å². The summed E-state index contributed by atoms with van der Waals surface area (Å²) in [5.41, 5.74) is 0.846. The molecule has 2 N–H and O–H groups in total. The fourth-order valence-corrected chi connectivity index (χ4v) is 2.11. The van der Waals surface area contributed by atoms with Crippen LogP contribution in [0.3, 0.4) is 0 Å². The number of anilines is 1. The molecule has 1 amide bonds. The SMILES string of the molecule is CCCCn1nnc(NC(=S)NC(=O)Cc2ccc(Cl)cc2)n1. The van der Waals surface area contributed by atoms with Crippen LogP contribution in [0.2, 0.25) is 5.02 Å². The summed E-state index contributed by atoms with van der Waals surface area (Å²) in [5, 5.41) is 17.9. The maximum absolute atomic E-state index is 11.9. The zero-order chi connectivity index (χ0) is 16.7. The van der Waals surface area contributed by atoms with Crippen molar-refractivity contribution in [3.63, 3.8) is 0 Å². The molecule has 0 saturated carbocycles. The van der Waals surface area contributed by atoms with Gasteiger partial charge in [0, 0.05) is 5.02 Å². The second-order valence-corrected chi connectivity index (χ2v) is 5.71. The van der Waals surface area contributed by atoms with Crippen molar-refractivity contribution in [1.29, 1.82) is 0 Å². The van der Waals surface area contributed by atoms with Crippen molar-refractivity contribution in [3.8, 4) is 0 Å². The minimum absolute atomic E-state index is 0.138. The molecule has 7 nitrogen and oxygen atoms in total. The van der Waals surface area contributed by atoms with Gasteiger partial charge in [0.1, 0.15) is 0 Å². The molecule has 122 valence electrons. The third-order valence-electron chi connectivity index (χ3n) is 2.92. The Morgan fingerprint density at radius 1 is 1.35 bits per heavy atom. The van der Waals surface area contributed by atoms with Crippen molar-refractivity contribution in [2.45, 2.75) is 32.7 Å². The fourth-order valence-electron chi connectivity index (χ4n) is 1.78. The fraction of sp³-hybridized carbons (Fsp3) is 0.357. The highest BCUT2D eigenvalue weighted by molar-refractivity contribution is 7.80. The number of hydrogen-bond acceptors (Lipinski definition) is 5. The normalized spacial score (nSPS) is 10.3. The Labute approximate surface area is 144 Å². The van der Waals surface area contributed by atoms with Gasteiger partial charge < -0.3 is 5.32 Å². The lowest BCUT2D eigenvalue weighted by Gasteiger charge is -2.06. The molecule has 2 aromatic rings. The van der Waals surface area contributed by atoms with Crippen molar-refractivity contribution in [2.24, 2.45) is 0 Å². The summed E-state index contributed by atoms with van der Waals surface area (Å²) in [6.07, 6.45) is 2.22. The van der Waals surface area contributed by atoms with E-state index in [1.807, 2.05) is 0 Å². The van der Waals surface area contributed by atoms with E-state index in [1.165, 1.54) is 4.80 Å². The van der Waals surface area contributed by atoms with Gasteiger partial charge in [0.25, 0.3) is 5.95 Å². The molecule has 2 rings (SSSR count). The van der Waals surface area contributed by atoms with Gasteiger partial charge in [0.2, 0.25) is 5.91 Å². The van der Waals surface area contributed by atoms with E-state index in [4.69, 9.17) is 23.8 Å². The quantitative estimate of drug-likeness (QED) is 0.775. The number of halogens is 1. The molecule has 0 bridgehead atoms. The zero-order valence-corrected chi connectivity index (χ0v) is 14.2. The molecule has 1 heterocycles. The van der Waals surface area contributed by atoms with Crippen LogP contribution in [-0.2, 0) is 17.8 Å². The molecule has 0 aliphatic heterocycles. The van der Waals surface area contributed by atoms with Gasteiger partial charge in [-0.05, 0) is 41.5 Å². The Hall–Kier alpha value is -2.06. The molecule has 0 atom stereocenters. The van der Waals surface area contributed by atoms with Crippen LogP contribution in [0.25, 0.3) is 0 Å². The van der Waals surface area contributed by atoms with E-state index >= 15 is 0 Å². The van der Waals surface area contributed by atoms with Gasteiger partial charge >= 0.3 is 0 Å². The van der Waals surface area contributed by atoms with Crippen LogP contribution in [0.1, 0.15) is 25.3 Å². The Kier molecular flexibility index (Phi) is 6.42. The number of carbonyl (C=O) groups excluding carboxylic acids is 1. The van der Waals surface area contributed by atoms with E-state index in [0.29, 0.717) is 11.6 Å². The molecule has 1 aromatic carbocycles. The summed E-state index contributed by atoms with van der Waals surface area (Å²) in [7, 11) is 0. The number of aryl methyl sites for hydroxylation is 1. The number of amides is 1. The number of carbonyl (C=O) groups is 1. The van der Waals surface area contributed by atoms with E-state index in [2.05, 4.69) is 33.0 Å². The Bertz CT molecular complexity index is 672. The van der Waals surface area contributed by atoms with E-state index in [1.54, 1.807) is 24.3 Å². The molecule has 0 saturated heterocycles. The lowest BCUT2D eigenvalue weighted by molar-refractivity contribution is -0.119.